The molecule has 1 aromatic heterocycles. The maximum Gasteiger partial charge on any atom is 0.131 e. The predicted molar refractivity (Wildman–Crippen MR) is 72.3 cm³/mol. The molecule has 0 aliphatic heterocycles. The van der Waals surface area contributed by atoms with Crippen LogP contribution < -0.4 is 5.32 Å². The third-order valence-corrected chi connectivity index (χ3v) is 3.91. The predicted octanol–water partition coefficient (Wildman–Crippen LogP) is 2.61. The fraction of sp³-hybridized carbons (Fsp3) is 0.727. The van der Waals surface area contributed by atoms with Crippen molar-refractivity contribution in [1.29, 1.82) is 0 Å². The molecule has 1 atom stereocenters. The van der Waals surface area contributed by atoms with Crippen LogP contribution in [0.3, 0.4) is 0 Å². The van der Waals surface area contributed by atoms with Gasteiger partial charge in [-0.3, -0.25) is 4.68 Å². The molecule has 1 aromatic rings. The lowest BCUT2D eigenvalue weighted by Gasteiger charge is -2.15. The number of hydrogen-bond acceptors (Lipinski definition) is 3. The summed E-state index contributed by atoms with van der Waals surface area (Å²) in [6, 6.07) is 0.547. The molecule has 3 nitrogen and oxygen atoms in total. The molecule has 0 spiro atoms. The molecule has 0 saturated carbocycles. The van der Waals surface area contributed by atoms with E-state index in [2.05, 4.69) is 23.6 Å². The van der Waals surface area contributed by atoms with Crippen LogP contribution in [0.1, 0.15) is 24.6 Å². The van der Waals surface area contributed by atoms with Crippen molar-refractivity contribution in [3.63, 3.8) is 0 Å². The molecule has 0 amide bonds. The third kappa shape index (κ3) is 3.40. The summed E-state index contributed by atoms with van der Waals surface area (Å²) < 4.78 is 1.73. The minimum Gasteiger partial charge on any atom is -0.309 e. The maximum atomic E-state index is 6.17. The summed E-state index contributed by atoms with van der Waals surface area (Å²) in [7, 11) is 1.87. The Kier molecular flexibility index (Phi) is 5.66. The summed E-state index contributed by atoms with van der Waals surface area (Å²) in [6.07, 6.45) is 3.27. The monoisotopic (exact) mass is 261 g/mol. The van der Waals surface area contributed by atoms with Crippen LogP contribution in [0.15, 0.2) is 0 Å². The fourth-order valence-electron chi connectivity index (χ4n) is 1.64. The second kappa shape index (κ2) is 6.52. The van der Waals surface area contributed by atoms with Crippen LogP contribution >= 0.6 is 23.4 Å². The normalized spacial score (nSPS) is 13.1. The van der Waals surface area contributed by atoms with Gasteiger partial charge in [-0.05, 0) is 19.6 Å². The summed E-state index contributed by atoms with van der Waals surface area (Å²) >= 11 is 8.04. The smallest absolute Gasteiger partial charge is 0.131 e. The SMILES string of the molecule is CCC(CSC)NCc1c(C)nn(C)c1Cl. The Labute approximate surface area is 107 Å². The molecule has 1 unspecified atom stereocenters. The zero-order valence-electron chi connectivity index (χ0n) is 10.4. The van der Waals surface area contributed by atoms with E-state index < -0.39 is 0 Å². The van der Waals surface area contributed by atoms with Gasteiger partial charge < -0.3 is 5.32 Å². The van der Waals surface area contributed by atoms with E-state index in [9.17, 15) is 0 Å². The number of hydrogen-bond donors (Lipinski definition) is 1. The minimum absolute atomic E-state index is 0.547. The number of thioether (sulfide) groups is 1. The molecular formula is C11H20ClN3S. The van der Waals surface area contributed by atoms with E-state index in [-0.39, 0.29) is 0 Å². The van der Waals surface area contributed by atoms with E-state index in [4.69, 9.17) is 11.6 Å². The van der Waals surface area contributed by atoms with Gasteiger partial charge in [0.2, 0.25) is 0 Å². The Morgan fingerprint density at radius 2 is 2.25 bits per heavy atom. The summed E-state index contributed by atoms with van der Waals surface area (Å²) in [5, 5.41) is 8.56. The second-order valence-electron chi connectivity index (χ2n) is 3.92. The molecule has 1 heterocycles. The molecule has 0 aliphatic carbocycles. The van der Waals surface area contributed by atoms with Crippen molar-refractivity contribution in [2.75, 3.05) is 12.0 Å². The molecule has 16 heavy (non-hydrogen) atoms. The lowest BCUT2D eigenvalue weighted by molar-refractivity contribution is 0.540. The lowest BCUT2D eigenvalue weighted by atomic mass is 10.2. The Morgan fingerprint density at radius 1 is 1.56 bits per heavy atom. The van der Waals surface area contributed by atoms with Gasteiger partial charge in [-0.2, -0.15) is 16.9 Å². The van der Waals surface area contributed by atoms with Gasteiger partial charge in [-0.15, -0.1) is 0 Å². The van der Waals surface area contributed by atoms with E-state index in [0.29, 0.717) is 6.04 Å². The molecule has 1 N–H and O–H groups in total. The summed E-state index contributed by atoms with van der Waals surface area (Å²) in [5.41, 5.74) is 2.13. The van der Waals surface area contributed by atoms with Crippen LogP contribution in [0.5, 0.6) is 0 Å². The van der Waals surface area contributed by atoms with Crippen molar-refractivity contribution in [1.82, 2.24) is 15.1 Å². The standard InChI is InChI=1S/C11H20ClN3S/c1-5-9(7-16-4)13-6-10-8(2)14-15(3)11(10)12/h9,13H,5-7H2,1-4H3. The molecule has 5 heteroatoms. The molecule has 92 valence electrons. The maximum absolute atomic E-state index is 6.17. The molecule has 0 aliphatic rings. The number of rotatable bonds is 6. The first-order valence-corrected chi connectivity index (χ1v) is 7.27. The van der Waals surface area contributed by atoms with E-state index in [0.717, 1.165) is 35.1 Å². The van der Waals surface area contributed by atoms with E-state index >= 15 is 0 Å². The van der Waals surface area contributed by atoms with Gasteiger partial charge in [-0.1, -0.05) is 18.5 Å². The van der Waals surface area contributed by atoms with Gasteiger partial charge in [-0.25, -0.2) is 0 Å². The van der Waals surface area contributed by atoms with Crippen molar-refractivity contribution in [3.8, 4) is 0 Å². The highest BCUT2D eigenvalue weighted by Gasteiger charge is 2.12. The van der Waals surface area contributed by atoms with Gasteiger partial charge in [0.05, 0.1) is 5.69 Å². The number of nitrogens with zero attached hydrogens (tertiary/aromatic N) is 2. The van der Waals surface area contributed by atoms with Crippen molar-refractivity contribution in [2.24, 2.45) is 7.05 Å². The Bertz CT molecular complexity index is 338. The van der Waals surface area contributed by atoms with Crippen molar-refractivity contribution < 1.29 is 0 Å². The first kappa shape index (κ1) is 13.9. The largest absolute Gasteiger partial charge is 0.309 e. The van der Waals surface area contributed by atoms with Gasteiger partial charge in [0.15, 0.2) is 0 Å². The van der Waals surface area contributed by atoms with Crippen LogP contribution in [-0.4, -0.2) is 27.8 Å². The quantitative estimate of drug-likeness (QED) is 0.854. The number of halogens is 1. The molecule has 1 rings (SSSR count). The highest BCUT2D eigenvalue weighted by atomic mass is 35.5. The number of nitrogens with one attached hydrogen (secondary N) is 1. The molecule has 0 saturated heterocycles. The van der Waals surface area contributed by atoms with Gasteiger partial charge >= 0.3 is 0 Å². The van der Waals surface area contributed by atoms with Crippen LogP contribution in [0, 0.1) is 6.92 Å². The average molecular weight is 262 g/mol. The molecule has 0 radical (unpaired) electrons. The third-order valence-electron chi connectivity index (χ3n) is 2.70. The van der Waals surface area contributed by atoms with Crippen LogP contribution in [-0.2, 0) is 13.6 Å². The van der Waals surface area contributed by atoms with E-state index in [1.807, 2.05) is 25.7 Å². The van der Waals surface area contributed by atoms with Crippen LogP contribution in [0.4, 0.5) is 0 Å². The first-order chi connectivity index (χ1) is 7.60. The van der Waals surface area contributed by atoms with E-state index in [1.165, 1.54) is 0 Å². The van der Waals surface area contributed by atoms with Gasteiger partial charge in [0.1, 0.15) is 5.15 Å². The first-order valence-electron chi connectivity index (χ1n) is 5.50. The highest BCUT2D eigenvalue weighted by molar-refractivity contribution is 7.98. The Hall–Kier alpha value is -0.190. The van der Waals surface area contributed by atoms with Crippen molar-refractivity contribution in [3.05, 3.63) is 16.4 Å². The van der Waals surface area contributed by atoms with Gasteiger partial charge in [0.25, 0.3) is 0 Å². The van der Waals surface area contributed by atoms with Crippen LogP contribution in [0.2, 0.25) is 5.15 Å². The summed E-state index contributed by atoms with van der Waals surface area (Å²) in [4.78, 5) is 0. The Morgan fingerprint density at radius 3 is 2.69 bits per heavy atom. The number of aryl methyl sites for hydroxylation is 2. The molecule has 0 aromatic carbocycles. The van der Waals surface area contributed by atoms with Gasteiger partial charge in [0, 0.05) is 31.0 Å². The fourth-order valence-corrected chi connectivity index (χ4v) is 2.64. The second-order valence-corrected chi connectivity index (χ2v) is 5.19. The molecule has 0 fully saturated rings. The topological polar surface area (TPSA) is 29.9 Å². The highest BCUT2D eigenvalue weighted by Crippen LogP contribution is 2.18. The minimum atomic E-state index is 0.547. The molecule has 0 bridgehead atoms. The summed E-state index contributed by atoms with van der Waals surface area (Å²) in [5.74, 6) is 1.13. The van der Waals surface area contributed by atoms with E-state index in [1.54, 1.807) is 4.68 Å². The van der Waals surface area contributed by atoms with Crippen LogP contribution in [0.25, 0.3) is 0 Å². The van der Waals surface area contributed by atoms with Crippen molar-refractivity contribution in [2.45, 2.75) is 32.9 Å². The zero-order valence-corrected chi connectivity index (χ0v) is 12.0. The molecular weight excluding hydrogens is 242 g/mol. The Balaban J connectivity index is 2.59. The number of aromatic nitrogens is 2. The average Bonchev–Trinajstić information content (AvgIpc) is 2.49. The zero-order chi connectivity index (χ0) is 12.1. The summed E-state index contributed by atoms with van der Waals surface area (Å²) in [6.45, 7) is 5.00. The van der Waals surface area contributed by atoms with Crippen molar-refractivity contribution >= 4 is 23.4 Å². The lowest BCUT2D eigenvalue weighted by Crippen LogP contribution is -2.30.